The summed E-state index contributed by atoms with van der Waals surface area (Å²) in [5, 5.41) is 7.00. The minimum absolute atomic E-state index is 0.129. The molecule has 1 rings (SSSR count). The van der Waals surface area contributed by atoms with Gasteiger partial charge in [0.1, 0.15) is 0 Å². The molecule has 106 valence electrons. The summed E-state index contributed by atoms with van der Waals surface area (Å²) in [6.07, 6.45) is 5.19. The van der Waals surface area contributed by atoms with E-state index >= 15 is 0 Å². The molecule has 18 heavy (non-hydrogen) atoms. The van der Waals surface area contributed by atoms with E-state index in [9.17, 15) is 9.59 Å². The highest BCUT2D eigenvalue weighted by Crippen LogP contribution is 2.19. The van der Waals surface area contributed by atoms with E-state index in [0.29, 0.717) is 0 Å². The summed E-state index contributed by atoms with van der Waals surface area (Å²) >= 11 is 0. The second-order valence-electron chi connectivity index (χ2n) is 4.54. The van der Waals surface area contributed by atoms with Gasteiger partial charge in [-0.1, -0.05) is 19.8 Å². The molecular weight excluding hydrogens is 232 g/mol. The van der Waals surface area contributed by atoms with Crippen LogP contribution < -0.4 is 5.73 Å². The maximum Gasteiger partial charge on any atom is 0.226 e. The van der Waals surface area contributed by atoms with Crippen LogP contribution in [0.2, 0.25) is 0 Å². The first kappa shape index (κ1) is 16.9. The van der Waals surface area contributed by atoms with Gasteiger partial charge in [-0.15, -0.1) is 0 Å². The zero-order valence-electron chi connectivity index (χ0n) is 11.5. The average Bonchev–Trinajstić information content (AvgIpc) is 2.89. The van der Waals surface area contributed by atoms with E-state index in [1.54, 1.807) is 0 Å². The van der Waals surface area contributed by atoms with Gasteiger partial charge >= 0.3 is 0 Å². The van der Waals surface area contributed by atoms with E-state index in [1.807, 2.05) is 4.90 Å². The van der Waals surface area contributed by atoms with Crippen LogP contribution in [-0.2, 0) is 9.59 Å². The molecular formula is C13H26N2O3. The number of carbonyl (C=O) groups excluding carboxylic acids is 2. The molecule has 1 atom stereocenters. The lowest BCUT2D eigenvalue weighted by Crippen LogP contribution is -2.35. The summed E-state index contributed by atoms with van der Waals surface area (Å²) in [6, 6.07) is 0. The van der Waals surface area contributed by atoms with Gasteiger partial charge in [0, 0.05) is 32.5 Å². The minimum Gasteiger partial charge on any atom is -0.400 e. The molecule has 1 heterocycles. The first-order chi connectivity index (χ1) is 8.65. The predicted octanol–water partition coefficient (Wildman–Crippen LogP) is 0.899. The van der Waals surface area contributed by atoms with Crippen molar-refractivity contribution in [3.63, 3.8) is 0 Å². The number of rotatable bonds is 6. The lowest BCUT2D eigenvalue weighted by atomic mass is 9.96. The molecule has 2 amide bonds. The second-order valence-corrected chi connectivity index (χ2v) is 4.54. The molecule has 1 saturated heterocycles. The number of nitrogens with zero attached hydrogens (tertiary/aromatic N) is 1. The van der Waals surface area contributed by atoms with E-state index < -0.39 is 0 Å². The molecule has 3 N–H and O–H groups in total. The fourth-order valence-corrected chi connectivity index (χ4v) is 2.20. The average molecular weight is 258 g/mol. The van der Waals surface area contributed by atoms with Crippen molar-refractivity contribution in [1.82, 2.24) is 4.90 Å². The van der Waals surface area contributed by atoms with Crippen LogP contribution in [0.4, 0.5) is 0 Å². The summed E-state index contributed by atoms with van der Waals surface area (Å²) < 4.78 is 0. The van der Waals surface area contributed by atoms with Gasteiger partial charge in [-0.3, -0.25) is 9.59 Å². The van der Waals surface area contributed by atoms with E-state index in [0.717, 1.165) is 52.3 Å². The Morgan fingerprint density at radius 3 is 2.28 bits per heavy atom. The molecule has 0 aliphatic carbocycles. The summed E-state index contributed by atoms with van der Waals surface area (Å²) in [6.45, 7) is 3.78. The molecule has 0 bridgehead atoms. The lowest BCUT2D eigenvalue weighted by Gasteiger charge is -2.22. The normalized spacial score (nSPS) is 15.8. The van der Waals surface area contributed by atoms with Crippen LogP contribution in [0.5, 0.6) is 0 Å². The van der Waals surface area contributed by atoms with Gasteiger partial charge in [0.2, 0.25) is 11.8 Å². The van der Waals surface area contributed by atoms with E-state index in [4.69, 9.17) is 10.8 Å². The Morgan fingerprint density at radius 2 is 1.83 bits per heavy atom. The third kappa shape index (κ3) is 6.00. The van der Waals surface area contributed by atoms with Crippen molar-refractivity contribution in [3.05, 3.63) is 0 Å². The molecule has 5 nitrogen and oxygen atoms in total. The van der Waals surface area contributed by atoms with Crippen molar-refractivity contribution in [2.24, 2.45) is 11.7 Å². The third-order valence-corrected chi connectivity index (χ3v) is 3.12. The van der Waals surface area contributed by atoms with E-state index in [2.05, 4.69) is 6.92 Å². The van der Waals surface area contributed by atoms with E-state index in [1.165, 1.54) is 0 Å². The summed E-state index contributed by atoms with van der Waals surface area (Å²) in [7, 11) is 1.00. The summed E-state index contributed by atoms with van der Waals surface area (Å²) in [5.74, 6) is -0.422. The minimum atomic E-state index is -0.367. The SMILES string of the molecule is CCCCC(CC(N)=O)C(=O)N1CCCC1.CO. The number of amides is 2. The molecule has 0 aromatic rings. The Balaban J connectivity index is 0.00000137. The standard InChI is InChI=1S/C12H22N2O2.CH4O/c1-2-3-6-10(9-11(13)15)12(16)14-7-4-5-8-14;1-2/h10H,2-9H2,1H3,(H2,13,15);2H,1H3. The molecule has 1 fully saturated rings. The Morgan fingerprint density at radius 1 is 1.28 bits per heavy atom. The number of carbonyl (C=O) groups is 2. The summed E-state index contributed by atoms with van der Waals surface area (Å²) in [4.78, 5) is 24.9. The number of likely N-dealkylation sites (tertiary alicyclic amines) is 1. The predicted molar refractivity (Wildman–Crippen MR) is 70.8 cm³/mol. The maximum atomic E-state index is 12.1. The number of hydrogen-bond donors (Lipinski definition) is 2. The number of primary amides is 1. The fourth-order valence-electron chi connectivity index (χ4n) is 2.20. The smallest absolute Gasteiger partial charge is 0.226 e. The number of aliphatic hydroxyl groups excluding tert-OH is 1. The fraction of sp³-hybridized carbons (Fsp3) is 0.846. The van der Waals surface area contributed by atoms with Crippen molar-refractivity contribution in [2.45, 2.75) is 45.4 Å². The second kappa shape index (κ2) is 9.88. The van der Waals surface area contributed by atoms with Crippen LogP contribution in [0.15, 0.2) is 0 Å². The zero-order chi connectivity index (χ0) is 14.0. The largest absolute Gasteiger partial charge is 0.400 e. The van der Waals surface area contributed by atoms with Gasteiger partial charge in [-0.05, 0) is 19.3 Å². The van der Waals surface area contributed by atoms with Crippen molar-refractivity contribution < 1.29 is 14.7 Å². The molecule has 1 unspecified atom stereocenters. The molecule has 0 spiro atoms. The van der Waals surface area contributed by atoms with Crippen molar-refractivity contribution in [3.8, 4) is 0 Å². The van der Waals surface area contributed by atoms with Crippen LogP contribution in [0.25, 0.3) is 0 Å². The van der Waals surface area contributed by atoms with Gasteiger partial charge in [-0.25, -0.2) is 0 Å². The third-order valence-electron chi connectivity index (χ3n) is 3.12. The number of unbranched alkanes of at least 4 members (excludes halogenated alkanes) is 1. The summed E-state index contributed by atoms with van der Waals surface area (Å²) in [5.41, 5.74) is 5.19. The van der Waals surface area contributed by atoms with Crippen LogP contribution in [0, 0.1) is 5.92 Å². The van der Waals surface area contributed by atoms with Gasteiger partial charge in [0.05, 0.1) is 0 Å². The first-order valence-corrected chi connectivity index (χ1v) is 6.67. The first-order valence-electron chi connectivity index (χ1n) is 6.67. The van der Waals surface area contributed by atoms with Crippen molar-refractivity contribution >= 4 is 11.8 Å². The van der Waals surface area contributed by atoms with Gasteiger partial charge in [0.15, 0.2) is 0 Å². The highest BCUT2D eigenvalue weighted by Gasteiger charge is 2.26. The number of hydrogen-bond acceptors (Lipinski definition) is 3. The highest BCUT2D eigenvalue weighted by atomic mass is 16.2. The van der Waals surface area contributed by atoms with Gasteiger partial charge in [0.25, 0.3) is 0 Å². The molecule has 5 heteroatoms. The van der Waals surface area contributed by atoms with Crippen LogP contribution in [0.1, 0.15) is 45.4 Å². The molecule has 0 radical (unpaired) electrons. The highest BCUT2D eigenvalue weighted by molar-refractivity contribution is 5.85. The lowest BCUT2D eigenvalue weighted by molar-refractivity contribution is -0.137. The van der Waals surface area contributed by atoms with E-state index in [-0.39, 0.29) is 24.2 Å². The van der Waals surface area contributed by atoms with Gasteiger partial charge in [-0.2, -0.15) is 0 Å². The van der Waals surface area contributed by atoms with Crippen LogP contribution >= 0.6 is 0 Å². The van der Waals surface area contributed by atoms with Crippen molar-refractivity contribution in [2.75, 3.05) is 20.2 Å². The molecule has 0 aromatic heterocycles. The topological polar surface area (TPSA) is 83.6 Å². The zero-order valence-corrected chi connectivity index (χ0v) is 11.5. The maximum absolute atomic E-state index is 12.1. The number of nitrogens with two attached hydrogens (primary N) is 1. The monoisotopic (exact) mass is 258 g/mol. The Labute approximate surface area is 109 Å². The molecule has 1 aliphatic heterocycles. The quantitative estimate of drug-likeness (QED) is 0.742. The van der Waals surface area contributed by atoms with Crippen LogP contribution in [0.3, 0.4) is 0 Å². The molecule has 0 aromatic carbocycles. The number of aliphatic hydroxyl groups is 1. The Hall–Kier alpha value is -1.10. The Bertz CT molecular complexity index is 251. The van der Waals surface area contributed by atoms with Gasteiger partial charge < -0.3 is 15.7 Å². The van der Waals surface area contributed by atoms with Crippen molar-refractivity contribution in [1.29, 1.82) is 0 Å². The Kier molecular flexibility index (Phi) is 9.28. The molecule has 1 aliphatic rings. The van der Waals surface area contributed by atoms with Crippen LogP contribution in [-0.4, -0.2) is 42.0 Å². The molecule has 0 saturated carbocycles.